The Morgan fingerprint density at radius 3 is 2.82 bits per heavy atom. The lowest BCUT2D eigenvalue weighted by Gasteiger charge is -2.19. The summed E-state index contributed by atoms with van der Waals surface area (Å²) in [6, 6.07) is 10.7. The molecule has 3 rings (SSSR count). The molecule has 2 aromatic heterocycles. The smallest absolute Gasteiger partial charge is 0.395 e. The first-order valence-electron chi connectivity index (χ1n) is 8.29. The first kappa shape index (κ1) is 20.0. The number of alkyl halides is 3. The van der Waals surface area contributed by atoms with E-state index in [1.807, 2.05) is 12.1 Å². The van der Waals surface area contributed by atoms with E-state index in [1.54, 1.807) is 36.7 Å². The highest BCUT2D eigenvalue weighted by Crippen LogP contribution is 2.34. The molecular formula is C20H16F3NO3S. The van der Waals surface area contributed by atoms with Crippen LogP contribution in [-0.2, 0) is 9.53 Å². The molecule has 1 unspecified atom stereocenters. The van der Waals surface area contributed by atoms with Gasteiger partial charge in [-0.05, 0) is 36.4 Å². The number of hydrogen-bond acceptors (Lipinski definition) is 5. The van der Waals surface area contributed by atoms with Crippen LogP contribution in [0, 0.1) is 5.92 Å². The Kier molecular flexibility index (Phi) is 6.08. The lowest BCUT2D eigenvalue weighted by Crippen LogP contribution is -2.30. The van der Waals surface area contributed by atoms with Crippen molar-refractivity contribution in [3.63, 3.8) is 0 Å². The molecule has 0 N–H and O–H groups in total. The Bertz CT molecular complexity index is 970. The highest BCUT2D eigenvalue weighted by atomic mass is 32.2. The van der Waals surface area contributed by atoms with E-state index in [9.17, 15) is 18.0 Å². The summed E-state index contributed by atoms with van der Waals surface area (Å²) in [7, 11) is 0. The molecule has 0 aliphatic rings. The fraction of sp³-hybridized carbons (Fsp3) is 0.200. The molecule has 8 heteroatoms. The molecule has 28 heavy (non-hydrogen) atoms. The summed E-state index contributed by atoms with van der Waals surface area (Å²) in [6.07, 6.45) is -0.307. The van der Waals surface area contributed by atoms with Crippen molar-refractivity contribution in [3.8, 4) is 11.3 Å². The fourth-order valence-electron chi connectivity index (χ4n) is 2.43. The van der Waals surface area contributed by atoms with Gasteiger partial charge >= 0.3 is 12.1 Å². The summed E-state index contributed by atoms with van der Waals surface area (Å²) >= 11 is 1.03. The highest BCUT2D eigenvalue weighted by molar-refractivity contribution is 7.99. The second kappa shape index (κ2) is 8.52. The predicted octanol–water partition coefficient (Wildman–Crippen LogP) is 5.49. The molecule has 0 amide bonds. The zero-order valence-electron chi connectivity index (χ0n) is 14.6. The lowest BCUT2D eigenvalue weighted by molar-refractivity contribution is -0.183. The molecule has 0 saturated heterocycles. The second-order valence-corrected chi connectivity index (χ2v) is 7.03. The monoisotopic (exact) mass is 407 g/mol. The van der Waals surface area contributed by atoms with Gasteiger partial charge in [0.1, 0.15) is 18.0 Å². The molecule has 0 bridgehead atoms. The summed E-state index contributed by atoms with van der Waals surface area (Å²) in [4.78, 5) is 15.7. The van der Waals surface area contributed by atoms with Gasteiger partial charge in [-0.2, -0.15) is 13.2 Å². The average molecular weight is 407 g/mol. The highest BCUT2D eigenvalue weighted by Gasteiger charge is 2.40. The molecule has 0 saturated carbocycles. The number of furan rings is 1. The lowest BCUT2D eigenvalue weighted by atomic mass is 10.2. The Morgan fingerprint density at radius 2 is 2.14 bits per heavy atom. The molecule has 0 aliphatic heterocycles. The standard InChI is InChI=1S/C20H16F3NO3S/c1-2-19(25)26-11-15(20(21,22)23)12-28-16-6-5-13-8-17(27-18(13)9-16)14-4-3-7-24-10-14/h2-10,15H,1,11-12H2. The van der Waals surface area contributed by atoms with Crippen molar-refractivity contribution in [3.05, 3.63) is 61.4 Å². The van der Waals surface area contributed by atoms with Gasteiger partial charge in [0, 0.05) is 40.1 Å². The van der Waals surface area contributed by atoms with Crippen molar-refractivity contribution < 1.29 is 27.1 Å². The van der Waals surface area contributed by atoms with E-state index in [-0.39, 0.29) is 5.75 Å². The van der Waals surface area contributed by atoms with E-state index >= 15 is 0 Å². The molecule has 0 aliphatic carbocycles. The van der Waals surface area contributed by atoms with Crippen molar-refractivity contribution in [2.45, 2.75) is 11.1 Å². The SMILES string of the molecule is C=CC(=O)OCC(CSc1ccc2cc(-c3cccnc3)oc2c1)C(F)(F)F. The predicted molar refractivity (Wildman–Crippen MR) is 101 cm³/mol. The number of esters is 1. The minimum Gasteiger partial charge on any atom is -0.462 e. The maximum absolute atomic E-state index is 13.2. The van der Waals surface area contributed by atoms with Crippen LogP contribution in [0.2, 0.25) is 0 Å². The quantitative estimate of drug-likeness (QED) is 0.294. The van der Waals surface area contributed by atoms with E-state index in [1.165, 1.54) is 0 Å². The van der Waals surface area contributed by atoms with Crippen LogP contribution >= 0.6 is 11.8 Å². The van der Waals surface area contributed by atoms with Gasteiger partial charge in [0.2, 0.25) is 0 Å². The average Bonchev–Trinajstić information content (AvgIpc) is 3.10. The molecule has 0 spiro atoms. The van der Waals surface area contributed by atoms with Crippen LogP contribution in [0.5, 0.6) is 0 Å². The van der Waals surface area contributed by atoms with Gasteiger partial charge < -0.3 is 9.15 Å². The molecule has 4 nitrogen and oxygen atoms in total. The summed E-state index contributed by atoms with van der Waals surface area (Å²) in [5.74, 6) is -2.30. The maximum atomic E-state index is 13.2. The van der Waals surface area contributed by atoms with Gasteiger partial charge in [-0.3, -0.25) is 4.98 Å². The van der Waals surface area contributed by atoms with Gasteiger partial charge in [-0.1, -0.05) is 6.58 Å². The summed E-state index contributed by atoms with van der Waals surface area (Å²) < 4.78 is 49.9. The van der Waals surface area contributed by atoms with Gasteiger partial charge in [0.15, 0.2) is 0 Å². The van der Waals surface area contributed by atoms with E-state index < -0.39 is 24.7 Å². The Balaban J connectivity index is 1.72. The number of rotatable bonds is 7. The largest absolute Gasteiger partial charge is 0.462 e. The molecule has 2 heterocycles. The number of carbonyl (C=O) groups excluding carboxylic acids is 1. The summed E-state index contributed by atoms with van der Waals surface area (Å²) in [6.45, 7) is 2.43. The van der Waals surface area contributed by atoms with Crippen molar-refractivity contribution in [2.24, 2.45) is 5.92 Å². The van der Waals surface area contributed by atoms with E-state index in [2.05, 4.69) is 16.3 Å². The molecule has 146 valence electrons. The third kappa shape index (κ3) is 4.95. The third-order valence-corrected chi connectivity index (χ3v) is 5.10. The Morgan fingerprint density at radius 1 is 1.32 bits per heavy atom. The van der Waals surface area contributed by atoms with Gasteiger partial charge in [-0.15, -0.1) is 11.8 Å². The summed E-state index contributed by atoms with van der Waals surface area (Å²) in [5, 5.41) is 0.843. The number of fused-ring (bicyclic) bond motifs is 1. The number of benzene rings is 1. The van der Waals surface area contributed by atoms with Crippen LogP contribution in [0.4, 0.5) is 13.2 Å². The zero-order valence-corrected chi connectivity index (χ0v) is 15.4. The van der Waals surface area contributed by atoms with Crippen molar-refractivity contribution in [1.29, 1.82) is 0 Å². The van der Waals surface area contributed by atoms with Gasteiger partial charge in [0.25, 0.3) is 0 Å². The molecule has 1 aromatic carbocycles. The zero-order chi connectivity index (χ0) is 20.1. The number of hydrogen-bond donors (Lipinski definition) is 0. The maximum Gasteiger partial charge on any atom is 0.395 e. The molecule has 0 radical (unpaired) electrons. The Hall–Kier alpha value is -2.74. The van der Waals surface area contributed by atoms with Crippen LogP contribution in [0.3, 0.4) is 0 Å². The van der Waals surface area contributed by atoms with Crippen molar-refractivity contribution in [2.75, 3.05) is 12.4 Å². The first-order valence-corrected chi connectivity index (χ1v) is 9.28. The van der Waals surface area contributed by atoms with Crippen LogP contribution in [0.1, 0.15) is 0 Å². The van der Waals surface area contributed by atoms with E-state index in [0.29, 0.717) is 16.2 Å². The van der Waals surface area contributed by atoms with E-state index in [0.717, 1.165) is 28.8 Å². The minimum atomic E-state index is -4.48. The number of thioether (sulfide) groups is 1. The first-order chi connectivity index (χ1) is 13.4. The van der Waals surface area contributed by atoms with Crippen molar-refractivity contribution in [1.82, 2.24) is 4.98 Å². The van der Waals surface area contributed by atoms with Gasteiger partial charge in [0.05, 0.1) is 5.92 Å². The number of pyridine rings is 1. The number of ether oxygens (including phenoxy) is 1. The molecular weight excluding hydrogens is 391 g/mol. The fourth-order valence-corrected chi connectivity index (χ4v) is 3.46. The van der Waals surface area contributed by atoms with Crippen molar-refractivity contribution >= 4 is 28.7 Å². The normalized spacial score (nSPS) is 12.7. The number of aromatic nitrogens is 1. The topological polar surface area (TPSA) is 52.3 Å². The van der Waals surface area contributed by atoms with Crippen LogP contribution < -0.4 is 0 Å². The summed E-state index contributed by atoms with van der Waals surface area (Å²) in [5.41, 5.74) is 1.39. The molecule has 3 aromatic rings. The third-order valence-electron chi connectivity index (χ3n) is 3.95. The number of carbonyl (C=O) groups is 1. The Labute approximate surface area is 163 Å². The van der Waals surface area contributed by atoms with Crippen LogP contribution in [0.25, 0.3) is 22.3 Å². The van der Waals surface area contributed by atoms with Crippen LogP contribution in [0.15, 0.2) is 70.8 Å². The number of nitrogens with zero attached hydrogens (tertiary/aromatic N) is 1. The molecule has 0 fully saturated rings. The molecule has 1 atom stereocenters. The number of halogens is 3. The second-order valence-electron chi connectivity index (χ2n) is 5.94. The minimum absolute atomic E-state index is 0.282. The van der Waals surface area contributed by atoms with E-state index in [4.69, 9.17) is 4.42 Å². The van der Waals surface area contributed by atoms with Crippen LogP contribution in [-0.4, -0.2) is 29.5 Å². The van der Waals surface area contributed by atoms with Gasteiger partial charge in [-0.25, -0.2) is 4.79 Å².